The summed E-state index contributed by atoms with van der Waals surface area (Å²) < 4.78 is 0. The second kappa shape index (κ2) is 5.44. The third-order valence-electron chi connectivity index (χ3n) is 2.94. The van der Waals surface area contributed by atoms with Crippen molar-refractivity contribution in [3.05, 3.63) is 75.3 Å². The molecule has 5 heteroatoms. The third kappa shape index (κ3) is 2.61. The minimum atomic E-state index is -0.672. The number of nitro benzene ring substituents is 1. The number of ketones is 2. The predicted molar refractivity (Wildman–Crippen MR) is 72.9 cm³/mol. The van der Waals surface area contributed by atoms with Crippen molar-refractivity contribution in [1.29, 1.82) is 0 Å². The number of benzene rings is 2. The van der Waals surface area contributed by atoms with Gasteiger partial charge in [0.15, 0.2) is 0 Å². The molecule has 0 amide bonds. The number of nitro groups is 1. The highest BCUT2D eigenvalue weighted by molar-refractivity contribution is 6.49. The summed E-state index contributed by atoms with van der Waals surface area (Å²) in [6, 6.07) is 11.8. The van der Waals surface area contributed by atoms with Crippen molar-refractivity contribution in [3.8, 4) is 0 Å². The topological polar surface area (TPSA) is 77.3 Å². The molecule has 0 aromatic heterocycles. The van der Waals surface area contributed by atoms with Gasteiger partial charge in [-0.05, 0) is 24.6 Å². The Morgan fingerprint density at radius 2 is 1.55 bits per heavy atom. The van der Waals surface area contributed by atoms with E-state index in [0.29, 0.717) is 11.1 Å². The number of non-ortho nitro benzene ring substituents is 1. The highest BCUT2D eigenvalue weighted by atomic mass is 16.6. The van der Waals surface area contributed by atoms with Gasteiger partial charge in [0.05, 0.1) is 4.92 Å². The third-order valence-corrected chi connectivity index (χ3v) is 2.94. The number of aryl methyl sites for hydroxylation is 1. The van der Waals surface area contributed by atoms with Crippen molar-refractivity contribution in [3.63, 3.8) is 0 Å². The molecule has 2 aromatic carbocycles. The Kier molecular flexibility index (Phi) is 3.70. The van der Waals surface area contributed by atoms with E-state index >= 15 is 0 Å². The summed E-state index contributed by atoms with van der Waals surface area (Å²) in [5.41, 5.74) is 1.08. The Bertz CT molecular complexity index is 689. The van der Waals surface area contributed by atoms with Crippen molar-refractivity contribution in [2.75, 3.05) is 0 Å². The molecule has 100 valence electrons. The standard InChI is InChI=1S/C15H11NO4/c1-10-4-2-3-5-13(10)15(18)14(17)11-6-8-12(9-7-11)16(19)20/h2-9H,1H3. The monoisotopic (exact) mass is 269 g/mol. The Balaban J connectivity index is 2.30. The van der Waals surface area contributed by atoms with Crippen LogP contribution in [-0.4, -0.2) is 16.5 Å². The van der Waals surface area contributed by atoms with E-state index in [1.807, 2.05) is 0 Å². The van der Waals surface area contributed by atoms with E-state index in [0.717, 1.165) is 0 Å². The lowest BCUT2D eigenvalue weighted by atomic mass is 9.98. The molecule has 0 spiro atoms. The van der Waals surface area contributed by atoms with E-state index in [9.17, 15) is 19.7 Å². The summed E-state index contributed by atoms with van der Waals surface area (Å²) in [4.78, 5) is 34.1. The quantitative estimate of drug-likeness (QED) is 0.370. The van der Waals surface area contributed by atoms with Crippen LogP contribution in [0, 0.1) is 17.0 Å². The lowest BCUT2D eigenvalue weighted by Gasteiger charge is -2.03. The van der Waals surface area contributed by atoms with Crippen molar-refractivity contribution in [1.82, 2.24) is 0 Å². The maximum atomic E-state index is 12.1. The Morgan fingerprint density at radius 1 is 0.950 bits per heavy atom. The zero-order chi connectivity index (χ0) is 14.7. The zero-order valence-corrected chi connectivity index (χ0v) is 10.7. The van der Waals surface area contributed by atoms with Gasteiger partial charge in [-0.15, -0.1) is 0 Å². The van der Waals surface area contributed by atoms with Crippen LogP contribution in [0.15, 0.2) is 48.5 Å². The molecule has 20 heavy (non-hydrogen) atoms. The minimum absolute atomic E-state index is 0.120. The van der Waals surface area contributed by atoms with Crippen LogP contribution >= 0.6 is 0 Å². The summed E-state index contributed by atoms with van der Waals surface area (Å²) in [5.74, 6) is -1.29. The normalized spacial score (nSPS) is 10.1. The van der Waals surface area contributed by atoms with Crippen LogP contribution in [0.4, 0.5) is 5.69 Å². The molecule has 0 aliphatic rings. The van der Waals surface area contributed by atoms with Crippen LogP contribution in [0.5, 0.6) is 0 Å². The fourth-order valence-corrected chi connectivity index (χ4v) is 1.82. The van der Waals surface area contributed by atoms with E-state index in [1.54, 1.807) is 31.2 Å². The molecular formula is C15H11NO4. The number of carbonyl (C=O) groups excluding carboxylic acids is 2. The Morgan fingerprint density at radius 3 is 2.10 bits per heavy atom. The van der Waals surface area contributed by atoms with Gasteiger partial charge in [-0.25, -0.2) is 0 Å². The molecule has 0 bridgehead atoms. The van der Waals surface area contributed by atoms with Gasteiger partial charge in [0, 0.05) is 23.3 Å². The molecule has 0 N–H and O–H groups in total. The molecule has 0 saturated carbocycles. The van der Waals surface area contributed by atoms with E-state index in [-0.39, 0.29) is 11.3 Å². The van der Waals surface area contributed by atoms with Gasteiger partial charge >= 0.3 is 0 Å². The highest BCUT2D eigenvalue weighted by Gasteiger charge is 2.20. The van der Waals surface area contributed by atoms with E-state index in [2.05, 4.69) is 0 Å². The van der Waals surface area contributed by atoms with Crippen LogP contribution in [0.25, 0.3) is 0 Å². The minimum Gasteiger partial charge on any atom is -0.285 e. The maximum absolute atomic E-state index is 12.1. The number of nitrogens with zero attached hydrogens (tertiary/aromatic N) is 1. The second-order valence-corrected chi connectivity index (χ2v) is 4.28. The molecule has 0 saturated heterocycles. The summed E-state index contributed by atoms with van der Waals surface area (Å²) >= 11 is 0. The molecule has 0 heterocycles. The maximum Gasteiger partial charge on any atom is 0.269 e. The van der Waals surface area contributed by atoms with Crippen LogP contribution in [0.2, 0.25) is 0 Å². The first-order chi connectivity index (χ1) is 9.50. The average molecular weight is 269 g/mol. The number of Topliss-reactive ketones (excluding diaryl/α,β-unsaturated/α-hetero) is 2. The largest absolute Gasteiger partial charge is 0.285 e. The number of hydrogen-bond donors (Lipinski definition) is 0. The molecule has 0 fully saturated rings. The highest BCUT2D eigenvalue weighted by Crippen LogP contribution is 2.15. The van der Waals surface area contributed by atoms with Gasteiger partial charge < -0.3 is 0 Å². The SMILES string of the molecule is Cc1ccccc1C(=O)C(=O)c1ccc([N+](=O)[O-])cc1. The fourth-order valence-electron chi connectivity index (χ4n) is 1.82. The second-order valence-electron chi connectivity index (χ2n) is 4.28. The molecule has 0 unspecified atom stereocenters. The van der Waals surface area contributed by atoms with Crippen LogP contribution in [0.3, 0.4) is 0 Å². The molecule has 0 aliphatic heterocycles. The first-order valence-corrected chi connectivity index (χ1v) is 5.90. The number of carbonyl (C=O) groups is 2. The fraction of sp³-hybridized carbons (Fsp3) is 0.0667. The first-order valence-electron chi connectivity index (χ1n) is 5.90. The summed E-state index contributed by atoms with van der Waals surface area (Å²) in [7, 11) is 0. The van der Waals surface area contributed by atoms with Crippen molar-refractivity contribution < 1.29 is 14.5 Å². The lowest BCUT2D eigenvalue weighted by Crippen LogP contribution is -2.15. The van der Waals surface area contributed by atoms with Gasteiger partial charge in [-0.2, -0.15) is 0 Å². The summed E-state index contributed by atoms with van der Waals surface area (Å²) in [6.07, 6.45) is 0. The molecule has 5 nitrogen and oxygen atoms in total. The zero-order valence-electron chi connectivity index (χ0n) is 10.7. The summed E-state index contributed by atoms with van der Waals surface area (Å²) in [6.45, 7) is 1.75. The molecule has 0 atom stereocenters. The first kappa shape index (κ1) is 13.6. The summed E-state index contributed by atoms with van der Waals surface area (Å²) in [5, 5.41) is 10.5. The molecule has 0 aliphatic carbocycles. The molecular weight excluding hydrogens is 258 g/mol. The van der Waals surface area contributed by atoms with Gasteiger partial charge in [0.2, 0.25) is 11.6 Å². The van der Waals surface area contributed by atoms with Gasteiger partial charge in [-0.3, -0.25) is 19.7 Å². The number of rotatable bonds is 4. The molecule has 2 aromatic rings. The number of hydrogen-bond acceptors (Lipinski definition) is 4. The van der Waals surface area contributed by atoms with Crippen LogP contribution < -0.4 is 0 Å². The van der Waals surface area contributed by atoms with Crippen molar-refractivity contribution in [2.24, 2.45) is 0 Å². The van der Waals surface area contributed by atoms with Gasteiger partial charge in [0.1, 0.15) is 0 Å². The average Bonchev–Trinajstić information content (AvgIpc) is 2.46. The van der Waals surface area contributed by atoms with E-state index < -0.39 is 16.5 Å². The van der Waals surface area contributed by atoms with Gasteiger partial charge in [0.25, 0.3) is 5.69 Å². The Hall–Kier alpha value is -2.82. The van der Waals surface area contributed by atoms with Crippen LogP contribution in [0.1, 0.15) is 26.3 Å². The van der Waals surface area contributed by atoms with Crippen molar-refractivity contribution in [2.45, 2.75) is 6.92 Å². The lowest BCUT2D eigenvalue weighted by molar-refractivity contribution is -0.384. The smallest absolute Gasteiger partial charge is 0.269 e. The van der Waals surface area contributed by atoms with E-state index in [1.165, 1.54) is 24.3 Å². The van der Waals surface area contributed by atoms with Crippen LogP contribution in [-0.2, 0) is 0 Å². The predicted octanol–water partition coefficient (Wildman–Crippen LogP) is 2.97. The van der Waals surface area contributed by atoms with E-state index in [4.69, 9.17) is 0 Å². The Labute approximate surface area is 115 Å². The molecule has 0 radical (unpaired) electrons. The van der Waals surface area contributed by atoms with Crippen molar-refractivity contribution >= 4 is 17.3 Å². The van der Waals surface area contributed by atoms with Gasteiger partial charge in [-0.1, -0.05) is 24.3 Å². The molecule has 2 rings (SSSR count).